The van der Waals surface area contributed by atoms with Crippen LogP contribution in [0.5, 0.6) is 5.75 Å². The quantitative estimate of drug-likeness (QED) is 0.533. The average molecular weight is 354 g/mol. The number of fused-ring (bicyclic) bond motifs is 1. The first-order valence-electron chi connectivity index (χ1n) is 8.62. The minimum atomic E-state index is 0.492. The van der Waals surface area contributed by atoms with E-state index in [1.54, 1.807) is 12.4 Å². The van der Waals surface area contributed by atoms with E-state index >= 15 is 0 Å². The van der Waals surface area contributed by atoms with Crippen LogP contribution >= 0.6 is 0 Å². The van der Waals surface area contributed by atoms with Crippen LogP contribution in [0.4, 0.5) is 5.69 Å². The van der Waals surface area contributed by atoms with E-state index in [0.717, 1.165) is 27.9 Å². The van der Waals surface area contributed by atoms with Crippen LogP contribution in [0.25, 0.3) is 10.9 Å². The molecular weight excluding hydrogens is 336 g/mol. The van der Waals surface area contributed by atoms with Gasteiger partial charge >= 0.3 is 0 Å². The van der Waals surface area contributed by atoms with Gasteiger partial charge in [-0.25, -0.2) is 0 Å². The predicted molar refractivity (Wildman–Crippen MR) is 105 cm³/mol. The van der Waals surface area contributed by atoms with Gasteiger partial charge in [-0.05, 0) is 35.9 Å². The molecule has 2 aromatic carbocycles. The van der Waals surface area contributed by atoms with Crippen LogP contribution < -0.4 is 9.75 Å². The molecule has 0 radical (unpaired) electrons. The van der Waals surface area contributed by atoms with Gasteiger partial charge in [0.05, 0.1) is 16.8 Å². The molecule has 4 aromatic rings. The van der Waals surface area contributed by atoms with E-state index in [-0.39, 0.29) is 0 Å². The Morgan fingerprint density at radius 2 is 1.85 bits per heavy atom. The molecule has 2 heterocycles. The molecule has 27 heavy (non-hydrogen) atoms. The summed E-state index contributed by atoms with van der Waals surface area (Å²) >= 11 is 0. The Morgan fingerprint density at radius 3 is 2.59 bits per heavy atom. The summed E-state index contributed by atoms with van der Waals surface area (Å²) in [7, 11) is 1.95. The Labute approximate surface area is 157 Å². The summed E-state index contributed by atoms with van der Waals surface area (Å²) in [5.41, 5.74) is 3.64. The molecule has 0 saturated heterocycles. The maximum absolute atomic E-state index is 9.57. The van der Waals surface area contributed by atoms with Crippen LogP contribution in [0.3, 0.4) is 0 Å². The van der Waals surface area contributed by atoms with Crippen molar-refractivity contribution in [3.63, 3.8) is 0 Å². The zero-order valence-corrected chi connectivity index (χ0v) is 14.9. The number of hydrogen-bond donors (Lipinski definition) is 0. The van der Waals surface area contributed by atoms with Crippen molar-refractivity contribution in [2.45, 2.75) is 6.61 Å². The molecule has 0 amide bonds. The number of anilines is 1. The number of pyridine rings is 1. The van der Waals surface area contributed by atoms with Crippen LogP contribution in [-0.4, -0.2) is 16.7 Å². The first-order chi connectivity index (χ1) is 13.3. The molecule has 4 rings (SSSR count). The topological polar surface area (TPSA) is 54.1 Å². The fourth-order valence-corrected chi connectivity index (χ4v) is 3.04. The molecule has 0 fully saturated rings. The minimum Gasteiger partial charge on any atom is -0.489 e. The second-order valence-electron chi connectivity index (χ2n) is 6.18. The molecule has 0 aliphatic rings. The third kappa shape index (κ3) is 3.33. The largest absolute Gasteiger partial charge is 0.489 e. The van der Waals surface area contributed by atoms with Crippen molar-refractivity contribution in [3.05, 3.63) is 90.4 Å². The summed E-state index contributed by atoms with van der Waals surface area (Å²) in [6.07, 6.45) is 5.34. The fraction of sp³-hybridized carbons (Fsp3) is 0.0909. The van der Waals surface area contributed by atoms with Crippen LogP contribution in [-0.2, 0) is 6.61 Å². The van der Waals surface area contributed by atoms with Gasteiger partial charge in [0.2, 0.25) is 0 Å². The minimum absolute atomic E-state index is 0.492. The highest BCUT2D eigenvalue weighted by molar-refractivity contribution is 5.88. The van der Waals surface area contributed by atoms with E-state index in [4.69, 9.17) is 4.74 Å². The lowest BCUT2D eigenvalue weighted by Gasteiger charge is -2.21. The van der Waals surface area contributed by atoms with E-state index in [2.05, 4.69) is 11.1 Å². The summed E-state index contributed by atoms with van der Waals surface area (Å²) in [4.78, 5) is 4.06. The van der Waals surface area contributed by atoms with E-state index in [1.165, 1.54) is 0 Å². The third-order valence-electron chi connectivity index (χ3n) is 4.48. The maximum atomic E-state index is 9.57. The second kappa shape index (κ2) is 7.22. The Bertz CT molecular complexity index is 1100. The Kier molecular flexibility index (Phi) is 4.46. The molecule has 132 valence electrons. The first kappa shape index (κ1) is 16.7. The Morgan fingerprint density at radius 1 is 1.07 bits per heavy atom. The van der Waals surface area contributed by atoms with Gasteiger partial charge in [-0.15, -0.1) is 0 Å². The van der Waals surface area contributed by atoms with Gasteiger partial charge in [-0.3, -0.25) is 14.7 Å². The number of benzene rings is 2. The van der Waals surface area contributed by atoms with Gasteiger partial charge in [0.1, 0.15) is 18.4 Å². The zero-order valence-electron chi connectivity index (χ0n) is 14.9. The first-order valence-corrected chi connectivity index (χ1v) is 8.62. The Hall–Kier alpha value is -3.78. The van der Waals surface area contributed by atoms with E-state index < -0.39 is 0 Å². The van der Waals surface area contributed by atoms with Gasteiger partial charge in [-0.2, -0.15) is 5.26 Å². The van der Waals surface area contributed by atoms with Crippen molar-refractivity contribution >= 4 is 16.6 Å². The molecule has 0 aliphatic heterocycles. The van der Waals surface area contributed by atoms with Crippen molar-refractivity contribution in [1.82, 2.24) is 9.66 Å². The standard InChI is InChI=1S/C22H18N4O/c1-25(19-9-11-24-12-10-19)26-15-18(14-23)21-13-20(7-8-22(21)26)27-16-17-5-3-2-4-6-17/h2-13,15H,16H2,1H3. The van der Waals surface area contributed by atoms with Crippen molar-refractivity contribution in [2.24, 2.45) is 0 Å². The molecule has 0 bridgehead atoms. The van der Waals surface area contributed by atoms with E-state index in [9.17, 15) is 5.26 Å². The number of hydrogen-bond acceptors (Lipinski definition) is 4. The summed E-state index contributed by atoms with van der Waals surface area (Å²) in [6, 6.07) is 22.0. The molecule has 0 N–H and O–H groups in total. The average Bonchev–Trinajstić information content (AvgIpc) is 3.11. The lowest BCUT2D eigenvalue weighted by Crippen LogP contribution is -2.23. The molecule has 5 nitrogen and oxygen atoms in total. The second-order valence-corrected chi connectivity index (χ2v) is 6.18. The molecule has 5 heteroatoms. The lowest BCUT2D eigenvalue weighted by atomic mass is 10.2. The van der Waals surface area contributed by atoms with Crippen molar-refractivity contribution in [3.8, 4) is 11.8 Å². The SMILES string of the molecule is CN(c1ccncc1)n1cc(C#N)c2cc(OCc3ccccc3)ccc21. The molecule has 0 atom stereocenters. The molecule has 0 spiro atoms. The van der Waals surface area contributed by atoms with Crippen LogP contribution in [0.1, 0.15) is 11.1 Å². The van der Waals surface area contributed by atoms with Crippen LogP contribution in [0.15, 0.2) is 79.3 Å². The molecular formula is C22H18N4O. The van der Waals surface area contributed by atoms with Gasteiger partial charge in [0, 0.05) is 31.0 Å². The number of nitriles is 1. The van der Waals surface area contributed by atoms with E-state index in [1.807, 2.05) is 83.6 Å². The highest BCUT2D eigenvalue weighted by atomic mass is 16.5. The van der Waals surface area contributed by atoms with Crippen molar-refractivity contribution < 1.29 is 4.74 Å². The van der Waals surface area contributed by atoms with Gasteiger partial charge in [0.15, 0.2) is 0 Å². The van der Waals surface area contributed by atoms with Gasteiger partial charge in [0.25, 0.3) is 0 Å². The normalized spacial score (nSPS) is 10.5. The third-order valence-corrected chi connectivity index (χ3v) is 4.48. The van der Waals surface area contributed by atoms with Crippen LogP contribution in [0.2, 0.25) is 0 Å². The number of ether oxygens (including phenoxy) is 1. The predicted octanol–water partition coefficient (Wildman–Crippen LogP) is 4.39. The summed E-state index contributed by atoms with van der Waals surface area (Å²) in [5.74, 6) is 0.743. The summed E-state index contributed by atoms with van der Waals surface area (Å²) in [5, 5.41) is 12.4. The summed E-state index contributed by atoms with van der Waals surface area (Å²) < 4.78 is 7.88. The zero-order chi connectivity index (χ0) is 18.6. The monoisotopic (exact) mass is 354 g/mol. The Balaban J connectivity index is 1.67. The number of aromatic nitrogens is 2. The lowest BCUT2D eigenvalue weighted by molar-refractivity contribution is 0.306. The van der Waals surface area contributed by atoms with Gasteiger partial charge < -0.3 is 4.74 Å². The number of nitrogens with zero attached hydrogens (tertiary/aromatic N) is 4. The van der Waals surface area contributed by atoms with Crippen molar-refractivity contribution in [2.75, 3.05) is 12.1 Å². The highest BCUT2D eigenvalue weighted by Crippen LogP contribution is 2.28. The number of rotatable bonds is 5. The fourth-order valence-electron chi connectivity index (χ4n) is 3.04. The van der Waals surface area contributed by atoms with E-state index in [0.29, 0.717) is 12.2 Å². The maximum Gasteiger partial charge on any atom is 0.120 e. The molecule has 0 unspecified atom stereocenters. The smallest absolute Gasteiger partial charge is 0.120 e. The highest BCUT2D eigenvalue weighted by Gasteiger charge is 2.13. The van der Waals surface area contributed by atoms with Crippen LogP contribution in [0, 0.1) is 11.3 Å². The van der Waals surface area contributed by atoms with Gasteiger partial charge in [-0.1, -0.05) is 30.3 Å². The molecule has 2 aromatic heterocycles. The van der Waals surface area contributed by atoms with Crippen molar-refractivity contribution in [1.29, 1.82) is 5.26 Å². The summed E-state index contributed by atoms with van der Waals surface area (Å²) in [6.45, 7) is 0.492. The molecule has 0 saturated carbocycles. The molecule has 0 aliphatic carbocycles.